The van der Waals surface area contributed by atoms with Gasteiger partial charge in [-0.25, -0.2) is 0 Å². The van der Waals surface area contributed by atoms with Gasteiger partial charge in [0.25, 0.3) is 0 Å². The SMILES string of the molecule is O=C1CCCC(N2CCOCC2C(=O)NC2CC2)C1. The number of Topliss-reactive ketones (excluding diaryl/α,β-unsaturated/α-hetero) is 1. The predicted octanol–water partition coefficient (Wildman–Crippen LogP) is 0.478. The van der Waals surface area contributed by atoms with Crippen molar-refractivity contribution >= 4 is 11.7 Å². The Labute approximate surface area is 113 Å². The van der Waals surface area contributed by atoms with E-state index in [-0.39, 0.29) is 18.0 Å². The highest BCUT2D eigenvalue weighted by Gasteiger charge is 2.37. The Hall–Kier alpha value is -0.940. The fraction of sp³-hybridized carbons (Fsp3) is 0.857. The number of rotatable bonds is 3. The molecule has 0 aromatic carbocycles. The van der Waals surface area contributed by atoms with E-state index in [1.54, 1.807) is 0 Å². The highest BCUT2D eigenvalue weighted by atomic mass is 16.5. The topological polar surface area (TPSA) is 58.6 Å². The lowest BCUT2D eigenvalue weighted by Crippen LogP contribution is -2.58. The molecule has 2 unspecified atom stereocenters. The Balaban J connectivity index is 1.65. The summed E-state index contributed by atoms with van der Waals surface area (Å²) in [6.45, 7) is 1.89. The summed E-state index contributed by atoms with van der Waals surface area (Å²) in [5.41, 5.74) is 0. The van der Waals surface area contributed by atoms with Crippen molar-refractivity contribution in [2.24, 2.45) is 0 Å². The zero-order chi connectivity index (χ0) is 13.2. The van der Waals surface area contributed by atoms with Gasteiger partial charge < -0.3 is 10.1 Å². The predicted molar refractivity (Wildman–Crippen MR) is 69.7 cm³/mol. The van der Waals surface area contributed by atoms with Crippen LogP contribution in [-0.2, 0) is 14.3 Å². The van der Waals surface area contributed by atoms with Gasteiger partial charge in [0, 0.05) is 31.5 Å². The van der Waals surface area contributed by atoms with Crippen molar-refractivity contribution in [2.75, 3.05) is 19.8 Å². The number of carbonyl (C=O) groups excluding carboxylic acids is 2. The van der Waals surface area contributed by atoms with Crippen LogP contribution in [0.4, 0.5) is 0 Å². The molecule has 1 N–H and O–H groups in total. The lowest BCUT2D eigenvalue weighted by Gasteiger charge is -2.41. The molecule has 0 bridgehead atoms. The number of nitrogens with one attached hydrogen (secondary N) is 1. The van der Waals surface area contributed by atoms with Crippen LogP contribution < -0.4 is 5.32 Å². The molecule has 0 aromatic heterocycles. The molecule has 3 fully saturated rings. The van der Waals surface area contributed by atoms with Gasteiger partial charge in [-0.05, 0) is 25.7 Å². The lowest BCUT2D eigenvalue weighted by molar-refractivity contribution is -0.137. The minimum absolute atomic E-state index is 0.0835. The largest absolute Gasteiger partial charge is 0.378 e. The molecule has 3 rings (SSSR count). The van der Waals surface area contributed by atoms with E-state index in [1.165, 1.54) is 0 Å². The van der Waals surface area contributed by atoms with E-state index in [0.717, 1.165) is 32.2 Å². The molecule has 1 heterocycles. The van der Waals surface area contributed by atoms with Gasteiger partial charge in [0.05, 0.1) is 13.2 Å². The van der Waals surface area contributed by atoms with Crippen LogP contribution >= 0.6 is 0 Å². The van der Waals surface area contributed by atoms with E-state index in [1.807, 2.05) is 0 Å². The van der Waals surface area contributed by atoms with Crippen molar-refractivity contribution in [3.8, 4) is 0 Å². The Morgan fingerprint density at radius 3 is 2.89 bits per heavy atom. The molecule has 2 atom stereocenters. The van der Waals surface area contributed by atoms with Crippen LogP contribution in [0.2, 0.25) is 0 Å². The van der Waals surface area contributed by atoms with Crippen molar-refractivity contribution in [1.29, 1.82) is 0 Å². The van der Waals surface area contributed by atoms with Gasteiger partial charge in [0.15, 0.2) is 0 Å². The zero-order valence-corrected chi connectivity index (χ0v) is 11.3. The quantitative estimate of drug-likeness (QED) is 0.807. The maximum atomic E-state index is 12.3. The van der Waals surface area contributed by atoms with Crippen molar-refractivity contribution in [2.45, 2.75) is 56.7 Å². The van der Waals surface area contributed by atoms with Crippen LogP contribution in [0.1, 0.15) is 38.5 Å². The van der Waals surface area contributed by atoms with E-state index < -0.39 is 0 Å². The Morgan fingerprint density at radius 2 is 2.16 bits per heavy atom. The number of amides is 1. The fourth-order valence-corrected chi connectivity index (χ4v) is 3.09. The summed E-state index contributed by atoms with van der Waals surface area (Å²) in [7, 11) is 0. The summed E-state index contributed by atoms with van der Waals surface area (Å²) in [6.07, 6.45) is 5.49. The van der Waals surface area contributed by atoms with Crippen molar-refractivity contribution in [1.82, 2.24) is 10.2 Å². The van der Waals surface area contributed by atoms with Gasteiger partial charge in [-0.15, -0.1) is 0 Å². The van der Waals surface area contributed by atoms with Gasteiger partial charge in [0.2, 0.25) is 5.91 Å². The Kier molecular flexibility index (Phi) is 3.84. The Morgan fingerprint density at radius 1 is 1.32 bits per heavy atom. The molecule has 5 nitrogen and oxygen atoms in total. The first-order valence-electron chi connectivity index (χ1n) is 7.39. The number of ketones is 1. The average molecular weight is 266 g/mol. The molecular formula is C14H22N2O3. The van der Waals surface area contributed by atoms with Gasteiger partial charge in [-0.1, -0.05) is 0 Å². The first-order chi connectivity index (χ1) is 9.24. The highest BCUT2D eigenvalue weighted by Crippen LogP contribution is 2.25. The Bertz CT molecular complexity index is 368. The number of morpholine rings is 1. The second kappa shape index (κ2) is 5.59. The third-order valence-electron chi connectivity index (χ3n) is 4.32. The maximum absolute atomic E-state index is 12.3. The van der Waals surface area contributed by atoms with Gasteiger partial charge >= 0.3 is 0 Å². The molecule has 1 aliphatic heterocycles. The van der Waals surface area contributed by atoms with Gasteiger partial charge in [-0.3, -0.25) is 14.5 Å². The first-order valence-corrected chi connectivity index (χ1v) is 7.39. The summed E-state index contributed by atoms with van der Waals surface area (Å²) in [5.74, 6) is 0.421. The summed E-state index contributed by atoms with van der Waals surface area (Å²) < 4.78 is 5.47. The van der Waals surface area contributed by atoms with Gasteiger partial charge in [0.1, 0.15) is 11.8 Å². The normalized spacial score (nSPS) is 33.2. The van der Waals surface area contributed by atoms with Crippen LogP contribution in [0.25, 0.3) is 0 Å². The molecule has 19 heavy (non-hydrogen) atoms. The number of ether oxygens (including phenoxy) is 1. The second-order valence-electron chi connectivity index (χ2n) is 5.90. The van der Waals surface area contributed by atoms with E-state index in [4.69, 9.17) is 4.74 Å². The van der Waals surface area contributed by atoms with Crippen LogP contribution in [0.15, 0.2) is 0 Å². The minimum Gasteiger partial charge on any atom is -0.378 e. The van der Waals surface area contributed by atoms with Crippen molar-refractivity contribution in [3.63, 3.8) is 0 Å². The second-order valence-corrected chi connectivity index (χ2v) is 5.90. The number of hydrogen-bond donors (Lipinski definition) is 1. The van der Waals surface area contributed by atoms with Crippen LogP contribution in [0.5, 0.6) is 0 Å². The monoisotopic (exact) mass is 266 g/mol. The number of hydrogen-bond acceptors (Lipinski definition) is 4. The number of nitrogens with zero attached hydrogens (tertiary/aromatic N) is 1. The molecule has 1 saturated heterocycles. The lowest BCUT2D eigenvalue weighted by atomic mass is 9.91. The maximum Gasteiger partial charge on any atom is 0.239 e. The molecular weight excluding hydrogens is 244 g/mol. The molecule has 106 valence electrons. The van der Waals surface area contributed by atoms with E-state index >= 15 is 0 Å². The molecule has 2 saturated carbocycles. The summed E-state index contributed by atoms with van der Waals surface area (Å²) in [4.78, 5) is 26.1. The third-order valence-corrected chi connectivity index (χ3v) is 4.32. The zero-order valence-electron chi connectivity index (χ0n) is 11.3. The summed E-state index contributed by atoms with van der Waals surface area (Å²) in [5, 5.41) is 3.06. The molecule has 0 spiro atoms. The van der Waals surface area contributed by atoms with Crippen LogP contribution in [0, 0.1) is 0 Å². The van der Waals surface area contributed by atoms with Crippen molar-refractivity contribution in [3.05, 3.63) is 0 Å². The summed E-state index contributed by atoms with van der Waals surface area (Å²) >= 11 is 0. The average Bonchev–Trinajstić information content (AvgIpc) is 3.23. The summed E-state index contributed by atoms with van der Waals surface area (Å²) in [6, 6.07) is 0.412. The van der Waals surface area contributed by atoms with E-state index in [9.17, 15) is 9.59 Å². The van der Waals surface area contributed by atoms with Crippen LogP contribution in [-0.4, -0.2) is 54.5 Å². The van der Waals surface area contributed by atoms with Crippen LogP contribution in [0.3, 0.4) is 0 Å². The molecule has 3 aliphatic rings. The molecule has 5 heteroatoms. The number of carbonyl (C=O) groups is 2. The van der Waals surface area contributed by atoms with E-state index in [0.29, 0.717) is 37.9 Å². The molecule has 0 aromatic rings. The van der Waals surface area contributed by atoms with E-state index in [2.05, 4.69) is 10.2 Å². The minimum atomic E-state index is -0.203. The van der Waals surface area contributed by atoms with Gasteiger partial charge in [-0.2, -0.15) is 0 Å². The molecule has 1 amide bonds. The first kappa shape index (κ1) is 13.1. The molecule has 2 aliphatic carbocycles. The smallest absolute Gasteiger partial charge is 0.239 e. The van der Waals surface area contributed by atoms with Crippen molar-refractivity contribution < 1.29 is 14.3 Å². The standard InChI is InChI=1S/C14H22N2O3/c17-12-3-1-2-11(8-12)16-6-7-19-9-13(16)14(18)15-10-4-5-10/h10-11,13H,1-9H2,(H,15,18). The molecule has 0 radical (unpaired) electrons. The highest BCUT2D eigenvalue weighted by molar-refractivity contribution is 5.83. The third kappa shape index (κ3) is 3.15. The fourth-order valence-electron chi connectivity index (χ4n) is 3.09.